The molecule has 4 aromatic rings. The molecule has 0 spiro atoms. The van der Waals surface area contributed by atoms with Crippen LogP contribution in [0.3, 0.4) is 0 Å². The van der Waals surface area contributed by atoms with E-state index in [9.17, 15) is 12.8 Å². The molecule has 1 unspecified atom stereocenters. The van der Waals surface area contributed by atoms with Crippen molar-refractivity contribution < 1.29 is 27.0 Å². The molecule has 0 amide bonds. The van der Waals surface area contributed by atoms with Gasteiger partial charge in [0.25, 0.3) is 0 Å². The number of rotatable bonds is 10. The van der Waals surface area contributed by atoms with Crippen LogP contribution in [0.15, 0.2) is 96.2 Å². The van der Waals surface area contributed by atoms with E-state index in [1.807, 2.05) is 48.7 Å². The van der Waals surface area contributed by atoms with Gasteiger partial charge in [-0.25, -0.2) is 12.8 Å². The number of hydrogen-bond acceptors (Lipinski definition) is 8. The van der Waals surface area contributed by atoms with E-state index >= 15 is 0 Å². The average molecular weight is 619 g/mol. The lowest BCUT2D eigenvalue weighted by Gasteiger charge is -2.35. The van der Waals surface area contributed by atoms with Gasteiger partial charge in [-0.2, -0.15) is 4.31 Å². The molecule has 1 atom stereocenters. The molecular formula is C33H35FN4O5S. The smallest absolute Gasteiger partial charge is 0.243 e. The summed E-state index contributed by atoms with van der Waals surface area (Å²) in [5, 5.41) is 0. The lowest BCUT2D eigenvalue weighted by atomic mass is 10.2. The zero-order valence-electron chi connectivity index (χ0n) is 24.5. The molecule has 6 rings (SSSR count). The van der Waals surface area contributed by atoms with Gasteiger partial charge in [0.2, 0.25) is 10.0 Å². The Morgan fingerprint density at radius 3 is 2.36 bits per heavy atom. The van der Waals surface area contributed by atoms with Crippen molar-refractivity contribution in [3.05, 3.63) is 103 Å². The fraction of sp³-hybridized carbons (Fsp3) is 0.303. The summed E-state index contributed by atoms with van der Waals surface area (Å²) in [5.41, 5.74) is 3.52. The summed E-state index contributed by atoms with van der Waals surface area (Å²) < 4.78 is 59.4. The molecule has 0 radical (unpaired) electrons. The van der Waals surface area contributed by atoms with Crippen molar-refractivity contribution in [2.75, 3.05) is 49.7 Å². The first-order chi connectivity index (χ1) is 21.4. The molecule has 2 aliphatic rings. The van der Waals surface area contributed by atoms with Gasteiger partial charge >= 0.3 is 0 Å². The minimum atomic E-state index is -3.70. The van der Waals surface area contributed by atoms with Gasteiger partial charge in [-0.3, -0.25) is 4.98 Å². The second-order valence-corrected chi connectivity index (χ2v) is 12.6. The summed E-state index contributed by atoms with van der Waals surface area (Å²) in [7, 11) is -2.10. The van der Waals surface area contributed by atoms with E-state index in [-0.39, 0.29) is 17.0 Å². The molecule has 0 saturated carbocycles. The maximum absolute atomic E-state index is 13.6. The lowest BCUT2D eigenvalue weighted by molar-refractivity contribution is -0.0402. The SMILES string of the molecule is COc1ccc(N(Cc2cccnc2)c2ccc(S(=O)(=O)N3CCN(c4ccc(F)cc4)CC3)cc2)cc1OC1CCCO1. The van der Waals surface area contributed by atoms with Crippen LogP contribution in [-0.4, -0.2) is 63.9 Å². The molecule has 44 heavy (non-hydrogen) atoms. The molecule has 230 valence electrons. The first-order valence-corrected chi connectivity index (χ1v) is 16.1. The molecule has 2 fully saturated rings. The van der Waals surface area contributed by atoms with Crippen molar-refractivity contribution in [2.45, 2.75) is 30.6 Å². The van der Waals surface area contributed by atoms with Crippen LogP contribution >= 0.6 is 0 Å². The van der Waals surface area contributed by atoms with Gasteiger partial charge in [0.15, 0.2) is 17.8 Å². The number of sulfonamides is 1. The fourth-order valence-corrected chi connectivity index (χ4v) is 6.92. The number of ether oxygens (including phenoxy) is 3. The number of pyridine rings is 1. The van der Waals surface area contributed by atoms with Crippen LogP contribution in [0.5, 0.6) is 11.5 Å². The highest BCUT2D eigenvalue weighted by Crippen LogP contribution is 2.37. The number of piperazine rings is 1. The van der Waals surface area contributed by atoms with Gasteiger partial charge in [-0.1, -0.05) is 6.07 Å². The van der Waals surface area contributed by atoms with Crippen molar-refractivity contribution in [1.82, 2.24) is 9.29 Å². The van der Waals surface area contributed by atoms with Gasteiger partial charge in [-0.05, 0) is 78.7 Å². The highest BCUT2D eigenvalue weighted by Gasteiger charge is 2.29. The molecule has 2 saturated heterocycles. The van der Waals surface area contributed by atoms with Crippen molar-refractivity contribution in [1.29, 1.82) is 0 Å². The first-order valence-electron chi connectivity index (χ1n) is 14.6. The Bertz CT molecular complexity index is 1640. The third-order valence-electron chi connectivity index (χ3n) is 7.89. The third-order valence-corrected chi connectivity index (χ3v) is 9.80. The van der Waals surface area contributed by atoms with Crippen molar-refractivity contribution in [3.63, 3.8) is 0 Å². The van der Waals surface area contributed by atoms with Crippen LogP contribution in [0.25, 0.3) is 0 Å². The second kappa shape index (κ2) is 13.2. The number of methoxy groups -OCH3 is 1. The zero-order valence-corrected chi connectivity index (χ0v) is 25.3. The van der Waals surface area contributed by atoms with Crippen LogP contribution < -0.4 is 19.3 Å². The summed E-state index contributed by atoms with van der Waals surface area (Å²) in [6.45, 7) is 2.89. The van der Waals surface area contributed by atoms with Crippen LogP contribution in [0.1, 0.15) is 18.4 Å². The normalized spacial score (nSPS) is 17.4. The minimum Gasteiger partial charge on any atom is -0.493 e. The monoisotopic (exact) mass is 618 g/mol. The molecule has 0 bridgehead atoms. The number of anilines is 3. The van der Waals surface area contributed by atoms with Crippen molar-refractivity contribution >= 4 is 27.1 Å². The van der Waals surface area contributed by atoms with Crippen LogP contribution in [0.2, 0.25) is 0 Å². The molecule has 9 nitrogen and oxygen atoms in total. The van der Waals surface area contributed by atoms with E-state index in [4.69, 9.17) is 14.2 Å². The van der Waals surface area contributed by atoms with Crippen LogP contribution in [0.4, 0.5) is 21.5 Å². The van der Waals surface area contributed by atoms with E-state index in [1.54, 1.807) is 37.6 Å². The quantitative estimate of drug-likeness (QED) is 0.227. The number of hydrogen-bond donors (Lipinski definition) is 0. The van der Waals surface area contributed by atoms with E-state index in [2.05, 4.69) is 14.8 Å². The van der Waals surface area contributed by atoms with E-state index < -0.39 is 10.0 Å². The lowest BCUT2D eigenvalue weighted by Crippen LogP contribution is -2.48. The number of halogens is 1. The predicted octanol–water partition coefficient (Wildman–Crippen LogP) is 5.59. The maximum Gasteiger partial charge on any atom is 0.243 e. The van der Waals surface area contributed by atoms with Gasteiger partial charge in [0, 0.05) is 74.7 Å². The van der Waals surface area contributed by atoms with Gasteiger partial charge in [-0.15, -0.1) is 0 Å². The summed E-state index contributed by atoms with van der Waals surface area (Å²) >= 11 is 0. The fourth-order valence-electron chi connectivity index (χ4n) is 5.50. The summed E-state index contributed by atoms with van der Waals surface area (Å²) in [4.78, 5) is 8.65. The largest absolute Gasteiger partial charge is 0.493 e. The summed E-state index contributed by atoms with van der Waals surface area (Å²) in [6.07, 6.45) is 4.97. The van der Waals surface area contributed by atoms with Crippen LogP contribution in [-0.2, 0) is 21.3 Å². The number of aromatic nitrogens is 1. The number of nitrogens with zero attached hydrogens (tertiary/aromatic N) is 4. The Morgan fingerprint density at radius 2 is 1.70 bits per heavy atom. The highest BCUT2D eigenvalue weighted by atomic mass is 32.2. The zero-order chi connectivity index (χ0) is 30.5. The first kappa shape index (κ1) is 29.9. The molecular weight excluding hydrogens is 583 g/mol. The molecule has 1 aromatic heterocycles. The molecule has 0 N–H and O–H groups in total. The van der Waals surface area contributed by atoms with Gasteiger partial charge in [0.05, 0.1) is 18.6 Å². The molecule has 11 heteroatoms. The van der Waals surface area contributed by atoms with Gasteiger partial charge < -0.3 is 24.0 Å². The molecule has 2 aliphatic heterocycles. The van der Waals surface area contributed by atoms with Crippen molar-refractivity contribution in [3.8, 4) is 11.5 Å². The molecule has 3 heterocycles. The Hall–Kier alpha value is -4.19. The Kier molecular flexibility index (Phi) is 8.96. The summed E-state index contributed by atoms with van der Waals surface area (Å²) in [5.74, 6) is 0.885. The van der Waals surface area contributed by atoms with Crippen molar-refractivity contribution in [2.24, 2.45) is 0 Å². The molecule has 3 aromatic carbocycles. The third kappa shape index (κ3) is 6.64. The summed E-state index contributed by atoms with van der Waals surface area (Å²) in [6, 6.07) is 22.8. The van der Waals surface area contributed by atoms with E-state index in [0.717, 1.165) is 35.5 Å². The Morgan fingerprint density at radius 1 is 0.955 bits per heavy atom. The molecule has 0 aliphatic carbocycles. The number of benzene rings is 3. The van der Waals surface area contributed by atoms with E-state index in [1.165, 1.54) is 16.4 Å². The second-order valence-electron chi connectivity index (χ2n) is 10.7. The Balaban J connectivity index is 1.23. The predicted molar refractivity (Wildman–Crippen MR) is 166 cm³/mol. The topological polar surface area (TPSA) is 84.4 Å². The highest BCUT2D eigenvalue weighted by molar-refractivity contribution is 7.89. The standard InChI is InChI=1S/C33H35FN4O5S/c1-41-31-15-12-29(22-32(31)43-33-5-3-21-42-33)38(24-25-4-2-16-35-23-25)28-10-13-30(14-11-28)44(39,40)37-19-17-36(18-20-37)27-8-6-26(34)7-9-27/h2,4,6-16,22-23,33H,3,5,17-21,24H2,1H3. The minimum absolute atomic E-state index is 0.231. The van der Waals surface area contributed by atoms with Crippen LogP contribution in [0, 0.1) is 5.82 Å². The maximum atomic E-state index is 13.6. The average Bonchev–Trinajstić information content (AvgIpc) is 3.58. The van der Waals surface area contributed by atoms with Gasteiger partial charge in [0.1, 0.15) is 5.82 Å². The Labute approximate surface area is 257 Å². The van der Waals surface area contributed by atoms with E-state index in [0.29, 0.717) is 50.8 Å².